The summed E-state index contributed by atoms with van der Waals surface area (Å²) in [7, 11) is -3.52. The Hall–Kier alpha value is -2.84. The lowest BCUT2D eigenvalue weighted by molar-refractivity contribution is -0.132. The van der Waals surface area contributed by atoms with E-state index in [0.717, 1.165) is 49.4 Å². The predicted octanol–water partition coefficient (Wildman–Crippen LogP) is 2.83. The molecule has 1 N–H and O–H groups in total. The SMILES string of the molecule is CS(=O)(=O)N1CCC(C(=O)O)=Cc2cc(-c3ccc(N4CCOCC4)cc3)ccc21. The number of carboxylic acid groups (broad SMARTS) is 1. The lowest BCUT2D eigenvalue weighted by Gasteiger charge is -2.29. The zero-order valence-corrected chi connectivity index (χ0v) is 17.6. The first-order valence-electron chi connectivity index (χ1n) is 9.82. The number of sulfonamides is 1. The quantitative estimate of drug-likeness (QED) is 0.806. The number of morpholine rings is 1. The van der Waals surface area contributed by atoms with Crippen LogP contribution in [0.4, 0.5) is 11.4 Å². The van der Waals surface area contributed by atoms with Crippen LogP contribution < -0.4 is 9.21 Å². The number of nitrogens with zero attached hydrogens (tertiary/aromatic N) is 2. The lowest BCUT2D eigenvalue weighted by atomic mass is 10.00. The second-order valence-corrected chi connectivity index (χ2v) is 9.39. The van der Waals surface area contributed by atoms with E-state index in [0.29, 0.717) is 11.3 Å². The molecular formula is C22H24N2O5S. The maximum Gasteiger partial charge on any atom is 0.331 e. The maximum atomic E-state index is 12.3. The van der Waals surface area contributed by atoms with Gasteiger partial charge in [-0.2, -0.15) is 0 Å². The molecule has 1 fully saturated rings. The molecule has 0 radical (unpaired) electrons. The smallest absolute Gasteiger partial charge is 0.331 e. The lowest BCUT2D eigenvalue weighted by Crippen LogP contribution is -2.36. The molecule has 2 aromatic rings. The zero-order chi connectivity index (χ0) is 21.3. The highest BCUT2D eigenvalue weighted by atomic mass is 32.2. The van der Waals surface area contributed by atoms with Gasteiger partial charge in [0.15, 0.2) is 0 Å². The summed E-state index contributed by atoms with van der Waals surface area (Å²) in [6.07, 6.45) is 2.87. The Morgan fingerprint density at radius 1 is 1.00 bits per heavy atom. The number of carbonyl (C=O) groups is 1. The van der Waals surface area contributed by atoms with Gasteiger partial charge in [-0.15, -0.1) is 0 Å². The van der Waals surface area contributed by atoms with Crippen LogP contribution in [0.5, 0.6) is 0 Å². The average Bonchev–Trinajstić information content (AvgIpc) is 2.94. The van der Waals surface area contributed by atoms with Crippen LogP contribution in [-0.4, -0.2) is 58.6 Å². The first-order chi connectivity index (χ1) is 14.3. The van der Waals surface area contributed by atoms with Crippen molar-refractivity contribution in [1.29, 1.82) is 0 Å². The molecular weight excluding hydrogens is 404 g/mol. The number of rotatable bonds is 4. The number of aliphatic carboxylic acids is 1. The zero-order valence-electron chi connectivity index (χ0n) is 16.7. The van der Waals surface area contributed by atoms with E-state index in [1.807, 2.05) is 24.3 Å². The van der Waals surface area contributed by atoms with Crippen LogP contribution in [0.2, 0.25) is 0 Å². The number of carboxylic acids is 1. The van der Waals surface area contributed by atoms with Crippen molar-refractivity contribution in [2.45, 2.75) is 6.42 Å². The number of ether oxygens (including phenoxy) is 1. The first kappa shape index (κ1) is 20.4. The van der Waals surface area contributed by atoms with E-state index in [-0.39, 0.29) is 18.5 Å². The van der Waals surface area contributed by atoms with E-state index in [4.69, 9.17) is 4.74 Å². The van der Waals surface area contributed by atoms with Crippen LogP contribution in [-0.2, 0) is 19.6 Å². The van der Waals surface area contributed by atoms with E-state index in [2.05, 4.69) is 17.0 Å². The summed E-state index contributed by atoms with van der Waals surface area (Å²) in [6.45, 7) is 3.28. The third-order valence-corrected chi connectivity index (χ3v) is 6.64. The highest BCUT2D eigenvalue weighted by molar-refractivity contribution is 7.92. The molecule has 4 rings (SSSR count). The van der Waals surface area contributed by atoms with Gasteiger partial charge in [0.2, 0.25) is 10.0 Å². The third-order valence-electron chi connectivity index (χ3n) is 5.46. The third kappa shape index (κ3) is 4.20. The molecule has 8 heteroatoms. The van der Waals surface area contributed by atoms with Crippen molar-refractivity contribution >= 4 is 33.4 Å². The van der Waals surface area contributed by atoms with Crippen molar-refractivity contribution < 1.29 is 23.1 Å². The predicted molar refractivity (Wildman–Crippen MR) is 117 cm³/mol. The summed E-state index contributed by atoms with van der Waals surface area (Å²) < 4.78 is 31.2. The monoisotopic (exact) mass is 428 g/mol. The molecule has 0 bridgehead atoms. The highest BCUT2D eigenvalue weighted by Crippen LogP contribution is 2.34. The molecule has 2 aromatic carbocycles. The van der Waals surface area contributed by atoms with Crippen molar-refractivity contribution in [3.8, 4) is 11.1 Å². The minimum absolute atomic E-state index is 0.109. The summed E-state index contributed by atoms with van der Waals surface area (Å²) in [6, 6.07) is 13.7. The van der Waals surface area contributed by atoms with Crippen LogP contribution in [0.1, 0.15) is 12.0 Å². The Morgan fingerprint density at radius 2 is 1.67 bits per heavy atom. The maximum absolute atomic E-state index is 12.3. The molecule has 30 heavy (non-hydrogen) atoms. The standard InChI is InChI=1S/C22H24N2O5S/c1-30(27,28)24-9-8-18(22(25)26)15-19-14-17(4-7-21(19)24)16-2-5-20(6-3-16)23-10-12-29-13-11-23/h2-7,14-15H,8-13H2,1H3,(H,25,26). The average molecular weight is 429 g/mol. The van der Waals surface area contributed by atoms with Crippen LogP contribution in [0.25, 0.3) is 17.2 Å². The molecule has 0 aromatic heterocycles. The van der Waals surface area contributed by atoms with Gasteiger partial charge in [0.05, 0.1) is 25.2 Å². The van der Waals surface area contributed by atoms with Crippen LogP contribution in [0.15, 0.2) is 48.0 Å². The molecule has 1 saturated heterocycles. The number of benzene rings is 2. The van der Waals surface area contributed by atoms with E-state index < -0.39 is 16.0 Å². The van der Waals surface area contributed by atoms with Crippen LogP contribution in [0, 0.1) is 0 Å². The fraction of sp³-hybridized carbons (Fsp3) is 0.318. The van der Waals surface area contributed by atoms with Gasteiger partial charge in [-0.25, -0.2) is 13.2 Å². The van der Waals surface area contributed by atoms with Crippen LogP contribution >= 0.6 is 0 Å². The van der Waals surface area contributed by atoms with E-state index >= 15 is 0 Å². The molecule has 0 spiro atoms. The van der Waals surface area contributed by atoms with Gasteiger partial charge in [-0.05, 0) is 53.5 Å². The summed E-state index contributed by atoms with van der Waals surface area (Å²) in [5.74, 6) is -1.03. The Labute approximate surface area is 176 Å². The minimum atomic E-state index is -3.52. The van der Waals surface area contributed by atoms with E-state index in [1.54, 1.807) is 12.1 Å². The normalized spacial score (nSPS) is 17.2. The van der Waals surface area contributed by atoms with Gasteiger partial charge in [0.1, 0.15) is 0 Å². The van der Waals surface area contributed by atoms with Crippen molar-refractivity contribution in [2.75, 3.05) is 48.3 Å². The van der Waals surface area contributed by atoms with Crippen molar-refractivity contribution in [2.24, 2.45) is 0 Å². The fourth-order valence-electron chi connectivity index (χ4n) is 3.88. The van der Waals surface area contributed by atoms with Gasteiger partial charge in [-0.3, -0.25) is 4.31 Å². The summed E-state index contributed by atoms with van der Waals surface area (Å²) in [5, 5.41) is 9.47. The molecule has 2 aliphatic heterocycles. The fourth-order valence-corrected chi connectivity index (χ4v) is 4.83. The van der Waals surface area contributed by atoms with Crippen LogP contribution in [0.3, 0.4) is 0 Å². The number of anilines is 2. The van der Waals surface area contributed by atoms with Crippen molar-refractivity contribution in [3.05, 3.63) is 53.6 Å². The minimum Gasteiger partial charge on any atom is -0.478 e. The van der Waals surface area contributed by atoms with Gasteiger partial charge < -0.3 is 14.7 Å². The van der Waals surface area contributed by atoms with E-state index in [1.165, 1.54) is 4.31 Å². The Morgan fingerprint density at radius 3 is 2.30 bits per heavy atom. The Bertz CT molecular complexity index is 1090. The summed E-state index contributed by atoms with van der Waals surface area (Å²) >= 11 is 0. The molecule has 2 heterocycles. The first-order valence-corrected chi connectivity index (χ1v) is 11.7. The Balaban J connectivity index is 1.70. The van der Waals surface area contributed by atoms with Gasteiger partial charge >= 0.3 is 5.97 Å². The van der Waals surface area contributed by atoms with Gasteiger partial charge in [0.25, 0.3) is 0 Å². The second kappa shape index (κ2) is 8.12. The van der Waals surface area contributed by atoms with Crippen molar-refractivity contribution in [3.63, 3.8) is 0 Å². The molecule has 2 aliphatic rings. The molecule has 7 nitrogen and oxygen atoms in total. The molecule has 158 valence electrons. The molecule has 0 amide bonds. The Kier molecular flexibility index (Phi) is 5.53. The van der Waals surface area contributed by atoms with Crippen molar-refractivity contribution in [1.82, 2.24) is 0 Å². The second-order valence-electron chi connectivity index (χ2n) is 7.48. The number of hydrogen-bond acceptors (Lipinski definition) is 5. The molecule has 0 aliphatic carbocycles. The molecule has 0 atom stereocenters. The number of fused-ring (bicyclic) bond motifs is 1. The topological polar surface area (TPSA) is 87.2 Å². The largest absolute Gasteiger partial charge is 0.478 e. The summed E-state index contributed by atoms with van der Waals surface area (Å²) in [5.41, 5.74) is 4.30. The molecule has 0 saturated carbocycles. The highest BCUT2D eigenvalue weighted by Gasteiger charge is 2.25. The number of hydrogen-bond donors (Lipinski definition) is 1. The van der Waals surface area contributed by atoms with Gasteiger partial charge in [-0.1, -0.05) is 18.2 Å². The van der Waals surface area contributed by atoms with E-state index in [9.17, 15) is 18.3 Å². The summed E-state index contributed by atoms with van der Waals surface area (Å²) in [4.78, 5) is 13.8. The van der Waals surface area contributed by atoms with Gasteiger partial charge in [0, 0.05) is 30.9 Å². The molecule has 0 unspecified atom stereocenters.